The van der Waals surface area contributed by atoms with Crippen LogP contribution in [0.25, 0.3) is 10.1 Å². The molecule has 0 fully saturated rings. The van der Waals surface area contributed by atoms with Gasteiger partial charge in [-0.05, 0) is 47.7 Å². The van der Waals surface area contributed by atoms with Crippen molar-refractivity contribution in [2.75, 3.05) is 10.0 Å². The second-order valence-corrected chi connectivity index (χ2v) is 10.2. The number of hydrogen-bond acceptors (Lipinski definition) is 6. The van der Waals surface area contributed by atoms with Crippen LogP contribution in [0.15, 0.2) is 65.0 Å². The molecule has 30 heavy (non-hydrogen) atoms. The van der Waals surface area contributed by atoms with Crippen LogP contribution in [0.4, 0.5) is 10.8 Å². The second kappa shape index (κ2) is 8.55. The molecule has 2 aromatic carbocycles. The molecule has 0 bridgehead atoms. The molecule has 0 spiro atoms. The largest absolute Gasteiger partial charge is 0.321 e. The minimum atomic E-state index is -3.72. The van der Waals surface area contributed by atoms with Crippen molar-refractivity contribution in [1.82, 2.24) is 4.98 Å². The predicted octanol–water partition coefficient (Wildman–Crippen LogP) is 5.36. The minimum absolute atomic E-state index is 0.101. The van der Waals surface area contributed by atoms with Crippen LogP contribution in [-0.4, -0.2) is 19.3 Å². The summed E-state index contributed by atoms with van der Waals surface area (Å²) in [6.45, 7) is 2.09. The van der Waals surface area contributed by atoms with Crippen molar-refractivity contribution in [1.29, 1.82) is 0 Å². The van der Waals surface area contributed by atoms with E-state index >= 15 is 0 Å². The first kappa shape index (κ1) is 20.5. The topological polar surface area (TPSA) is 88.2 Å². The molecule has 0 unspecified atom stereocenters. The van der Waals surface area contributed by atoms with Crippen molar-refractivity contribution >= 4 is 59.5 Å². The molecule has 0 saturated heterocycles. The number of aromatic nitrogens is 1. The number of nitrogens with one attached hydrogen (secondary N) is 2. The third-order valence-corrected chi connectivity index (χ3v) is 7.87. The molecule has 2 N–H and O–H groups in total. The monoisotopic (exact) mass is 457 g/mol. The molecular formula is C21H19N3O3S3. The van der Waals surface area contributed by atoms with E-state index in [2.05, 4.69) is 21.9 Å². The molecule has 1 amide bonds. The molecule has 154 valence electrons. The van der Waals surface area contributed by atoms with E-state index < -0.39 is 10.0 Å². The average Bonchev–Trinajstić information content (AvgIpc) is 3.36. The van der Waals surface area contributed by atoms with Crippen molar-refractivity contribution in [3.8, 4) is 0 Å². The molecule has 0 aliphatic carbocycles. The highest BCUT2D eigenvalue weighted by molar-refractivity contribution is 7.93. The molecule has 0 aliphatic rings. The number of sulfonamides is 1. The lowest BCUT2D eigenvalue weighted by Crippen LogP contribution is -2.14. The van der Waals surface area contributed by atoms with Crippen LogP contribution in [0.5, 0.6) is 0 Å². The lowest BCUT2D eigenvalue weighted by atomic mass is 10.1. The maximum Gasteiger partial charge on any atom is 0.266 e. The van der Waals surface area contributed by atoms with Gasteiger partial charge in [0.2, 0.25) is 0 Å². The van der Waals surface area contributed by atoms with Crippen LogP contribution < -0.4 is 10.0 Å². The van der Waals surface area contributed by atoms with Gasteiger partial charge in [-0.2, -0.15) is 0 Å². The van der Waals surface area contributed by atoms with Gasteiger partial charge in [0.15, 0.2) is 5.13 Å². The smallest absolute Gasteiger partial charge is 0.266 e. The van der Waals surface area contributed by atoms with E-state index in [1.54, 1.807) is 17.5 Å². The summed E-state index contributed by atoms with van der Waals surface area (Å²) in [5.41, 5.74) is 1.59. The normalized spacial score (nSPS) is 11.5. The number of nitrogens with zero attached hydrogens (tertiary/aromatic N) is 1. The van der Waals surface area contributed by atoms with Crippen LogP contribution in [0.1, 0.15) is 28.6 Å². The molecule has 0 radical (unpaired) electrons. The van der Waals surface area contributed by atoms with Gasteiger partial charge in [0.05, 0.1) is 9.77 Å². The number of thiophene rings is 1. The number of thiazole rings is 1. The van der Waals surface area contributed by atoms with E-state index in [0.29, 0.717) is 15.7 Å². The number of rotatable bonds is 7. The van der Waals surface area contributed by atoms with Gasteiger partial charge in [-0.15, -0.1) is 22.7 Å². The molecule has 4 aromatic rings. The molecule has 0 aliphatic heterocycles. The molecule has 6 nitrogen and oxygen atoms in total. The second-order valence-electron chi connectivity index (χ2n) is 6.58. The summed E-state index contributed by atoms with van der Waals surface area (Å²) in [5.74, 6) is -0.184. The zero-order chi connectivity index (χ0) is 21.1. The van der Waals surface area contributed by atoms with E-state index in [9.17, 15) is 13.2 Å². The predicted molar refractivity (Wildman–Crippen MR) is 123 cm³/mol. The average molecular weight is 458 g/mol. The van der Waals surface area contributed by atoms with Crippen LogP contribution in [0.2, 0.25) is 0 Å². The summed E-state index contributed by atoms with van der Waals surface area (Å²) >= 11 is 2.68. The van der Waals surface area contributed by atoms with Gasteiger partial charge in [-0.25, -0.2) is 13.4 Å². The van der Waals surface area contributed by atoms with Crippen molar-refractivity contribution in [3.05, 3.63) is 70.5 Å². The number of carbonyl (C=O) groups is 1. The number of anilines is 2. The number of aryl methyl sites for hydroxylation is 1. The summed E-state index contributed by atoms with van der Waals surface area (Å²) in [7, 11) is -3.72. The summed E-state index contributed by atoms with van der Waals surface area (Å²) < 4.78 is 28.4. The van der Waals surface area contributed by atoms with Crippen LogP contribution in [0.3, 0.4) is 0 Å². The van der Waals surface area contributed by atoms with Gasteiger partial charge in [-0.1, -0.05) is 31.5 Å². The fraction of sp³-hybridized carbons (Fsp3) is 0.143. The quantitative estimate of drug-likeness (QED) is 0.391. The molecule has 0 atom stereocenters. The zero-order valence-electron chi connectivity index (χ0n) is 16.1. The zero-order valence-corrected chi connectivity index (χ0v) is 18.5. The van der Waals surface area contributed by atoms with E-state index in [0.717, 1.165) is 28.5 Å². The molecular weight excluding hydrogens is 438 g/mol. The van der Waals surface area contributed by atoms with Crippen LogP contribution in [0, 0.1) is 0 Å². The van der Waals surface area contributed by atoms with Gasteiger partial charge in [0.1, 0.15) is 0 Å². The summed E-state index contributed by atoms with van der Waals surface area (Å²) in [5, 5.41) is 6.00. The number of benzene rings is 2. The Labute approximate surface area is 182 Å². The molecule has 4 rings (SSSR count). The van der Waals surface area contributed by atoms with E-state index in [-0.39, 0.29) is 10.8 Å². The van der Waals surface area contributed by atoms with Crippen molar-refractivity contribution in [2.45, 2.75) is 24.7 Å². The van der Waals surface area contributed by atoms with Gasteiger partial charge in [0, 0.05) is 22.0 Å². The first-order valence-corrected chi connectivity index (χ1v) is 12.5. The summed E-state index contributed by atoms with van der Waals surface area (Å²) in [4.78, 5) is 17.7. The Kier molecular flexibility index (Phi) is 5.85. The van der Waals surface area contributed by atoms with Crippen LogP contribution >= 0.6 is 22.7 Å². The number of hydrogen-bond donors (Lipinski definition) is 2. The number of carbonyl (C=O) groups excluding carboxylic acids is 1. The Morgan fingerprint density at radius 1 is 1.10 bits per heavy atom. The fourth-order valence-electron chi connectivity index (χ4n) is 3.13. The molecule has 0 saturated carbocycles. The third kappa shape index (κ3) is 4.23. The van der Waals surface area contributed by atoms with Gasteiger partial charge >= 0.3 is 0 Å². The maximum absolute atomic E-state index is 12.9. The Balaban J connectivity index is 1.54. The lowest BCUT2D eigenvalue weighted by Gasteiger charge is -2.08. The highest BCUT2D eigenvalue weighted by Crippen LogP contribution is 2.33. The van der Waals surface area contributed by atoms with Gasteiger partial charge in [-0.3, -0.25) is 9.52 Å². The van der Waals surface area contributed by atoms with E-state index in [4.69, 9.17) is 0 Å². The van der Waals surface area contributed by atoms with Gasteiger partial charge in [0.25, 0.3) is 15.9 Å². The summed E-state index contributed by atoms with van der Waals surface area (Å²) in [6, 6.07) is 14.1. The molecule has 2 heterocycles. The number of amides is 1. The Morgan fingerprint density at radius 3 is 2.57 bits per heavy atom. The Bertz CT molecular complexity index is 1280. The third-order valence-electron chi connectivity index (χ3n) is 4.48. The Hall–Kier alpha value is -2.75. The molecule has 2 aromatic heterocycles. The SMILES string of the molecule is CCCc1c(C(=O)Nc2ccc(S(=O)(=O)Nc3nccs3)cc2)sc2ccccc12. The van der Waals surface area contributed by atoms with E-state index in [1.165, 1.54) is 41.0 Å². The first-order chi connectivity index (χ1) is 14.5. The lowest BCUT2D eigenvalue weighted by molar-refractivity contribution is 0.103. The van der Waals surface area contributed by atoms with Crippen molar-refractivity contribution in [3.63, 3.8) is 0 Å². The maximum atomic E-state index is 12.9. The highest BCUT2D eigenvalue weighted by Gasteiger charge is 2.19. The highest BCUT2D eigenvalue weighted by atomic mass is 32.2. The standard InChI is InChI=1S/C21H19N3O3S3/c1-2-5-17-16-6-3-4-7-18(16)29-19(17)20(25)23-14-8-10-15(11-9-14)30(26,27)24-21-22-12-13-28-21/h3-4,6-13H,2,5H2,1H3,(H,22,24)(H,23,25). The van der Waals surface area contributed by atoms with Gasteiger partial charge < -0.3 is 5.32 Å². The number of fused-ring (bicyclic) bond motifs is 1. The molecule has 9 heteroatoms. The Morgan fingerprint density at radius 2 is 1.87 bits per heavy atom. The summed E-state index contributed by atoms with van der Waals surface area (Å²) in [6.07, 6.45) is 3.30. The minimum Gasteiger partial charge on any atom is -0.321 e. The first-order valence-electron chi connectivity index (χ1n) is 9.32. The van der Waals surface area contributed by atoms with Crippen molar-refractivity contribution in [2.24, 2.45) is 0 Å². The van der Waals surface area contributed by atoms with E-state index in [1.807, 2.05) is 24.3 Å². The van der Waals surface area contributed by atoms with Crippen LogP contribution in [-0.2, 0) is 16.4 Å². The van der Waals surface area contributed by atoms with Crippen molar-refractivity contribution < 1.29 is 13.2 Å². The fourth-order valence-corrected chi connectivity index (χ4v) is 6.07.